The first kappa shape index (κ1) is 37.5. The summed E-state index contributed by atoms with van der Waals surface area (Å²) in [6.45, 7) is 9.60. The largest absolute Gasteiger partial charge is 0.481 e. The Morgan fingerprint density at radius 3 is 2.22 bits per heavy atom. The van der Waals surface area contributed by atoms with Crippen LogP contribution in [0.15, 0.2) is 23.4 Å². The van der Waals surface area contributed by atoms with Crippen molar-refractivity contribution in [3.63, 3.8) is 0 Å². The fraction of sp³-hybridized carbons (Fsp3) is 0.567. The van der Waals surface area contributed by atoms with Gasteiger partial charge in [-0.3, -0.25) is 24.0 Å². The normalized spacial score (nSPS) is 17.4. The van der Waals surface area contributed by atoms with E-state index in [1.54, 1.807) is 27.7 Å². The number of ketones is 1. The maximum absolute atomic E-state index is 13.5. The number of nitrogens with one attached hydrogen (secondary N) is 2. The number of carbonyl (C=O) groups is 6. The van der Waals surface area contributed by atoms with Gasteiger partial charge in [0.2, 0.25) is 11.5 Å². The van der Waals surface area contributed by atoms with E-state index in [1.807, 2.05) is 13.8 Å². The van der Waals surface area contributed by atoms with Crippen molar-refractivity contribution in [3.05, 3.63) is 33.8 Å². The van der Waals surface area contributed by atoms with Crippen LogP contribution < -0.4 is 10.6 Å². The molecule has 0 saturated carbocycles. The van der Waals surface area contributed by atoms with Crippen LogP contribution in [0.1, 0.15) is 84.0 Å². The summed E-state index contributed by atoms with van der Waals surface area (Å²) in [5.74, 6) is -5.24. The SMILES string of the molecule is CCC1(C(=O)N[C@@H](CC(=O)O)C(=O)COC(=O)c2c(Cl)cccc2Cl)CC([C@@H](NC(=O)CCC(=O)OC(C)(C)C)C(C)C)=NO1. The molecular weight excluding hydrogens is 633 g/mol. The number of benzene rings is 1. The molecule has 15 heteroatoms. The lowest BCUT2D eigenvalue weighted by Gasteiger charge is -2.27. The zero-order valence-corrected chi connectivity index (χ0v) is 27.5. The van der Waals surface area contributed by atoms with E-state index in [2.05, 4.69) is 15.8 Å². The number of hydrogen-bond donors (Lipinski definition) is 3. The van der Waals surface area contributed by atoms with Crippen LogP contribution in [0.4, 0.5) is 0 Å². The van der Waals surface area contributed by atoms with Gasteiger partial charge in [0.1, 0.15) is 11.6 Å². The topological polar surface area (TPSA) is 187 Å². The Balaban J connectivity index is 2.09. The molecule has 0 saturated heterocycles. The van der Waals surface area contributed by atoms with E-state index >= 15 is 0 Å². The Kier molecular flexibility index (Phi) is 13.3. The quantitative estimate of drug-likeness (QED) is 0.231. The fourth-order valence-corrected chi connectivity index (χ4v) is 4.89. The number of carboxylic acid groups (broad SMARTS) is 1. The number of carboxylic acids is 1. The minimum absolute atomic E-state index is 0.00616. The van der Waals surface area contributed by atoms with Crippen LogP contribution in [0.2, 0.25) is 10.0 Å². The number of nitrogens with zero attached hydrogens (tertiary/aromatic N) is 1. The number of carbonyl (C=O) groups excluding carboxylic acids is 5. The Hall–Kier alpha value is -3.71. The van der Waals surface area contributed by atoms with E-state index in [0.29, 0.717) is 5.71 Å². The summed E-state index contributed by atoms with van der Waals surface area (Å²) in [5, 5.41) is 18.7. The van der Waals surface area contributed by atoms with Gasteiger partial charge >= 0.3 is 17.9 Å². The van der Waals surface area contributed by atoms with Gasteiger partial charge in [-0.2, -0.15) is 0 Å². The molecule has 0 radical (unpaired) electrons. The number of rotatable bonds is 15. The van der Waals surface area contributed by atoms with E-state index in [9.17, 15) is 33.9 Å². The molecule has 0 aliphatic carbocycles. The van der Waals surface area contributed by atoms with Gasteiger partial charge in [-0.25, -0.2) is 4.79 Å². The summed E-state index contributed by atoms with van der Waals surface area (Å²) in [5.41, 5.74) is -2.11. The van der Waals surface area contributed by atoms with E-state index in [0.717, 1.165) is 0 Å². The first-order valence-electron chi connectivity index (χ1n) is 14.3. The van der Waals surface area contributed by atoms with Crippen LogP contribution in [0, 0.1) is 5.92 Å². The molecule has 45 heavy (non-hydrogen) atoms. The fourth-order valence-electron chi connectivity index (χ4n) is 4.34. The Bertz CT molecular complexity index is 1320. The van der Waals surface area contributed by atoms with Gasteiger partial charge in [0.25, 0.3) is 5.91 Å². The van der Waals surface area contributed by atoms with Gasteiger partial charge < -0.3 is 30.1 Å². The molecular formula is C30H39Cl2N3O10. The lowest BCUT2D eigenvalue weighted by atomic mass is 9.87. The van der Waals surface area contributed by atoms with Crippen molar-refractivity contribution >= 4 is 64.4 Å². The van der Waals surface area contributed by atoms with Gasteiger partial charge in [0.15, 0.2) is 12.4 Å². The molecule has 0 aromatic heterocycles. The lowest BCUT2D eigenvalue weighted by Crippen LogP contribution is -2.54. The standard InChI is InChI=1S/C30H39Cl2N3O10/c1-7-30(14-20(35-45-30)26(16(2)3)34-22(37)11-12-24(40)44-29(4,5)6)28(42)33-19(13-23(38)39)21(36)15-43-27(41)25-17(31)9-8-10-18(25)32/h8-10,16,19,26H,7,11-15H2,1-6H3,(H,33,42)(H,34,37)(H,38,39)/t19-,26-,30?/m0/s1. The predicted molar refractivity (Wildman–Crippen MR) is 164 cm³/mol. The highest BCUT2D eigenvalue weighted by Crippen LogP contribution is 2.31. The zero-order chi connectivity index (χ0) is 34.1. The van der Waals surface area contributed by atoms with Gasteiger partial charge in [-0.1, -0.05) is 55.2 Å². The number of halogens is 2. The molecule has 1 heterocycles. The molecule has 1 aliphatic rings. The summed E-state index contributed by atoms with van der Waals surface area (Å²) in [4.78, 5) is 80.7. The van der Waals surface area contributed by atoms with Crippen molar-refractivity contribution in [1.82, 2.24) is 10.6 Å². The van der Waals surface area contributed by atoms with Gasteiger partial charge in [-0.15, -0.1) is 0 Å². The Labute approximate surface area is 271 Å². The molecule has 1 aromatic rings. The lowest BCUT2D eigenvalue weighted by molar-refractivity contribution is -0.155. The minimum atomic E-state index is -1.61. The molecule has 3 N–H and O–H groups in total. The highest BCUT2D eigenvalue weighted by molar-refractivity contribution is 6.39. The molecule has 0 fully saturated rings. The smallest absolute Gasteiger partial charge is 0.341 e. The van der Waals surface area contributed by atoms with Crippen LogP contribution in [-0.2, 0) is 38.3 Å². The second-order valence-electron chi connectivity index (χ2n) is 11.8. The predicted octanol–water partition coefficient (Wildman–Crippen LogP) is 3.87. The molecule has 248 valence electrons. The average Bonchev–Trinajstić information content (AvgIpc) is 3.37. The number of aliphatic carboxylic acids is 1. The molecule has 0 spiro atoms. The molecule has 2 rings (SSSR count). The second kappa shape index (κ2) is 16.0. The molecule has 2 amide bonds. The number of ether oxygens (including phenoxy) is 2. The molecule has 1 aliphatic heterocycles. The number of hydrogen-bond acceptors (Lipinski definition) is 10. The van der Waals surface area contributed by atoms with Crippen molar-refractivity contribution in [2.45, 2.75) is 96.9 Å². The van der Waals surface area contributed by atoms with Crippen LogP contribution in [0.5, 0.6) is 0 Å². The second-order valence-corrected chi connectivity index (χ2v) is 12.7. The summed E-state index contributed by atoms with van der Waals surface area (Å²) in [6.07, 6.45) is -1.05. The maximum atomic E-state index is 13.5. The summed E-state index contributed by atoms with van der Waals surface area (Å²) in [6, 6.07) is 2.10. The van der Waals surface area contributed by atoms with Gasteiger partial charge in [0.05, 0.1) is 40.2 Å². The number of amides is 2. The van der Waals surface area contributed by atoms with Gasteiger partial charge in [0, 0.05) is 12.8 Å². The third kappa shape index (κ3) is 11.0. The van der Waals surface area contributed by atoms with Crippen LogP contribution in [0.25, 0.3) is 0 Å². The van der Waals surface area contributed by atoms with E-state index in [4.69, 9.17) is 37.5 Å². The summed E-state index contributed by atoms with van der Waals surface area (Å²) < 4.78 is 10.3. The van der Waals surface area contributed by atoms with Crippen LogP contribution in [-0.4, -0.2) is 76.2 Å². The third-order valence-corrected chi connectivity index (χ3v) is 7.32. The minimum Gasteiger partial charge on any atom is -0.481 e. The molecule has 0 bridgehead atoms. The van der Waals surface area contributed by atoms with E-state index in [-0.39, 0.29) is 47.2 Å². The highest BCUT2D eigenvalue weighted by Gasteiger charge is 2.48. The number of esters is 2. The summed E-state index contributed by atoms with van der Waals surface area (Å²) in [7, 11) is 0. The maximum Gasteiger partial charge on any atom is 0.341 e. The molecule has 1 unspecified atom stereocenters. The number of Topliss-reactive ketones (excluding diaryl/α,β-unsaturated/α-hetero) is 1. The van der Waals surface area contributed by atoms with Crippen molar-refractivity contribution in [2.75, 3.05) is 6.61 Å². The molecule has 1 aromatic carbocycles. The van der Waals surface area contributed by atoms with Gasteiger partial charge in [-0.05, 0) is 45.2 Å². The average molecular weight is 673 g/mol. The monoisotopic (exact) mass is 671 g/mol. The van der Waals surface area contributed by atoms with Crippen LogP contribution in [0.3, 0.4) is 0 Å². The Morgan fingerprint density at radius 1 is 1.07 bits per heavy atom. The summed E-state index contributed by atoms with van der Waals surface area (Å²) >= 11 is 12.0. The first-order valence-corrected chi connectivity index (χ1v) is 15.1. The van der Waals surface area contributed by atoms with Crippen molar-refractivity contribution in [2.24, 2.45) is 11.1 Å². The van der Waals surface area contributed by atoms with Crippen molar-refractivity contribution in [1.29, 1.82) is 0 Å². The van der Waals surface area contributed by atoms with E-state index in [1.165, 1.54) is 18.2 Å². The molecule has 13 nitrogen and oxygen atoms in total. The van der Waals surface area contributed by atoms with Crippen LogP contribution >= 0.6 is 23.2 Å². The number of oxime groups is 1. The van der Waals surface area contributed by atoms with Crippen molar-refractivity contribution in [3.8, 4) is 0 Å². The first-order chi connectivity index (χ1) is 20.9. The van der Waals surface area contributed by atoms with Crippen molar-refractivity contribution < 1.29 is 48.2 Å². The molecule has 3 atom stereocenters. The zero-order valence-electron chi connectivity index (χ0n) is 26.0. The Morgan fingerprint density at radius 2 is 1.69 bits per heavy atom. The highest BCUT2D eigenvalue weighted by atomic mass is 35.5. The third-order valence-electron chi connectivity index (χ3n) is 6.69. The van der Waals surface area contributed by atoms with E-state index < -0.39 is 71.8 Å².